The summed E-state index contributed by atoms with van der Waals surface area (Å²) in [5.41, 5.74) is 2.31. The molecule has 0 aliphatic heterocycles. The first-order chi connectivity index (χ1) is 7.41. The zero-order valence-electron chi connectivity index (χ0n) is 10.5. The Kier molecular flexibility index (Phi) is 2.70. The van der Waals surface area contributed by atoms with Gasteiger partial charge in [-0.1, -0.05) is 0 Å². The summed E-state index contributed by atoms with van der Waals surface area (Å²) in [6.07, 6.45) is 10.3. The van der Waals surface area contributed by atoms with Gasteiger partial charge in [0.1, 0.15) is 5.52 Å². The molecular weight excluding hydrogens is 218 g/mol. The molecule has 0 aliphatic carbocycles. The Morgan fingerprint density at radius 1 is 1.19 bits per heavy atom. The van der Waals surface area contributed by atoms with E-state index in [-0.39, 0.29) is 16.4 Å². The predicted octanol–water partition coefficient (Wildman–Crippen LogP) is 2.81. The van der Waals surface area contributed by atoms with Gasteiger partial charge in [-0.2, -0.15) is 0 Å². The summed E-state index contributed by atoms with van der Waals surface area (Å²) in [7, 11) is -0.156. The van der Waals surface area contributed by atoms with Gasteiger partial charge in [-0.15, -0.1) is 0 Å². The molecule has 3 nitrogen and oxygen atoms in total. The van der Waals surface area contributed by atoms with Crippen LogP contribution in [0.25, 0.3) is 11.0 Å². The van der Waals surface area contributed by atoms with Crippen molar-refractivity contribution in [2.45, 2.75) is 31.2 Å². The number of thiol groups is 1. The second-order valence-electron chi connectivity index (χ2n) is 5.21. The maximum atomic E-state index is 4.55. The van der Waals surface area contributed by atoms with Crippen LogP contribution in [0, 0.1) is 0 Å². The first-order valence-electron chi connectivity index (χ1n) is 5.40. The van der Waals surface area contributed by atoms with Crippen molar-refractivity contribution in [3.63, 3.8) is 0 Å². The fourth-order valence-electron chi connectivity index (χ4n) is 1.78. The normalized spacial score (nSPS) is 13.2. The van der Waals surface area contributed by atoms with Crippen LogP contribution in [-0.4, -0.2) is 27.0 Å². The van der Waals surface area contributed by atoms with Gasteiger partial charge in [0.2, 0.25) is 0 Å². The first kappa shape index (κ1) is 11.5. The third-order valence-electron chi connectivity index (χ3n) is 2.65. The monoisotopic (exact) mass is 237 g/mol. The van der Waals surface area contributed by atoms with E-state index >= 15 is 0 Å². The van der Waals surface area contributed by atoms with E-state index in [4.69, 9.17) is 0 Å². The van der Waals surface area contributed by atoms with E-state index in [1.807, 2.05) is 18.7 Å². The Morgan fingerprint density at radius 2 is 1.88 bits per heavy atom. The van der Waals surface area contributed by atoms with Gasteiger partial charge in [-0.3, -0.25) is 4.98 Å². The minimum absolute atomic E-state index is 0.0549. The van der Waals surface area contributed by atoms with Crippen LogP contribution in [0.4, 0.5) is 0 Å². The van der Waals surface area contributed by atoms with E-state index in [0.29, 0.717) is 0 Å². The van der Waals surface area contributed by atoms with E-state index in [1.54, 1.807) is 0 Å². The highest BCUT2D eigenvalue weighted by molar-refractivity contribution is 8.16. The van der Waals surface area contributed by atoms with Gasteiger partial charge in [-0.05, 0) is 33.3 Å². The van der Waals surface area contributed by atoms with Gasteiger partial charge in [0.15, 0.2) is 0 Å². The molecule has 0 amide bonds. The molecule has 0 spiro atoms. The van der Waals surface area contributed by atoms with Gasteiger partial charge in [0.25, 0.3) is 0 Å². The number of imidazole rings is 1. The molecule has 4 heteroatoms. The molecule has 0 radical (unpaired) electrons. The average Bonchev–Trinajstić information content (AvgIpc) is 2.59. The molecule has 0 aliphatic rings. The summed E-state index contributed by atoms with van der Waals surface area (Å²) in [5, 5.41) is 0. The molecule has 2 rings (SSSR count). The van der Waals surface area contributed by atoms with Crippen LogP contribution < -0.4 is 0 Å². The van der Waals surface area contributed by atoms with E-state index in [2.05, 4.69) is 47.8 Å². The van der Waals surface area contributed by atoms with Crippen molar-refractivity contribution in [3.8, 4) is 0 Å². The van der Waals surface area contributed by atoms with Crippen LogP contribution in [0.3, 0.4) is 0 Å². The molecule has 0 N–H and O–H groups in total. The van der Waals surface area contributed by atoms with Gasteiger partial charge in [0.05, 0.1) is 18.0 Å². The zero-order chi connectivity index (χ0) is 11.9. The summed E-state index contributed by atoms with van der Waals surface area (Å²) in [4.78, 5) is 10.2. The lowest BCUT2D eigenvalue weighted by molar-refractivity contribution is 0.408. The molecule has 0 fully saturated rings. The van der Waals surface area contributed by atoms with Crippen molar-refractivity contribution in [1.29, 1.82) is 0 Å². The molecule has 0 bridgehead atoms. The van der Waals surface area contributed by atoms with Crippen LogP contribution in [0.1, 0.15) is 20.8 Å². The van der Waals surface area contributed by atoms with E-state index in [9.17, 15) is 0 Å². The zero-order valence-corrected chi connectivity index (χ0v) is 11.4. The van der Waals surface area contributed by atoms with Gasteiger partial charge in [0, 0.05) is 16.6 Å². The van der Waals surface area contributed by atoms with Crippen molar-refractivity contribution in [3.05, 3.63) is 18.7 Å². The van der Waals surface area contributed by atoms with E-state index in [0.717, 1.165) is 11.0 Å². The Hall–Kier alpha value is -1.03. The van der Waals surface area contributed by atoms with Crippen molar-refractivity contribution >= 4 is 21.9 Å². The molecule has 0 aromatic carbocycles. The minimum Gasteiger partial charge on any atom is -0.324 e. The SMILES string of the molecule is C[SH](C)c1cncc2c1ncn2C(C)(C)C. The molecule has 16 heavy (non-hydrogen) atoms. The second kappa shape index (κ2) is 3.77. The topological polar surface area (TPSA) is 30.7 Å². The largest absolute Gasteiger partial charge is 0.324 e. The van der Waals surface area contributed by atoms with Gasteiger partial charge >= 0.3 is 0 Å². The highest BCUT2D eigenvalue weighted by Gasteiger charge is 2.17. The number of hydrogen-bond donors (Lipinski definition) is 1. The van der Waals surface area contributed by atoms with Crippen LogP contribution in [0.15, 0.2) is 23.6 Å². The predicted molar refractivity (Wildman–Crippen MR) is 71.6 cm³/mol. The minimum atomic E-state index is -0.156. The fraction of sp³-hybridized carbons (Fsp3) is 0.500. The molecule has 2 aromatic rings. The lowest BCUT2D eigenvalue weighted by Gasteiger charge is -2.21. The molecule has 0 saturated heterocycles. The standard InChI is InChI=1S/C12H19N3S/c1-12(2,3)15-8-14-11-9(15)6-13-7-10(11)16(4)5/h6-8,16H,1-5H3. The van der Waals surface area contributed by atoms with Crippen LogP contribution >= 0.6 is 10.9 Å². The summed E-state index contributed by atoms with van der Waals surface area (Å²) in [6, 6.07) is 0. The van der Waals surface area contributed by atoms with Crippen molar-refractivity contribution in [2.24, 2.45) is 0 Å². The maximum Gasteiger partial charge on any atom is 0.103 e. The third kappa shape index (κ3) is 1.82. The number of hydrogen-bond acceptors (Lipinski definition) is 2. The smallest absolute Gasteiger partial charge is 0.103 e. The first-order valence-corrected chi connectivity index (χ1v) is 7.64. The summed E-state index contributed by atoms with van der Waals surface area (Å²) in [6.45, 7) is 6.55. The number of fused-ring (bicyclic) bond motifs is 1. The summed E-state index contributed by atoms with van der Waals surface area (Å²) >= 11 is 0. The lowest BCUT2D eigenvalue weighted by atomic mass is 10.1. The number of rotatable bonds is 1. The molecule has 2 heterocycles. The van der Waals surface area contributed by atoms with E-state index in [1.165, 1.54) is 4.90 Å². The number of aromatic nitrogens is 3. The van der Waals surface area contributed by atoms with Gasteiger partial charge < -0.3 is 4.57 Å². The number of pyridine rings is 1. The lowest BCUT2D eigenvalue weighted by Crippen LogP contribution is -2.20. The Morgan fingerprint density at radius 3 is 2.44 bits per heavy atom. The third-order valence-corrected chi connectivity index (χ3v) is 3.94. The van der Waals surface area contributed by atoms with Crippen LogP contribution in [0.2, 0.25) is 0 Å². The Balaban J connectivity index is 2.71. The molecule has 0 atom stereocenters. The summed E-state index contributed by atoms with van der Waals surface area (Å²) < 4.78 is 2.19. The van der Waals surface area contributed by atoms with Gasteiger partial charge in [-0.25, -0.2) is 15.9 Å². The Labute approximate surface area is 99.3 Å². The number of nitrogens with zero attached hydrogens (tertiary/aromatic N) is 3. The maximum absolute atomic E-state index is 4.55. The molecular formula is C12H19N3S. The fourth-order valence-corrected chi connectivity index (χ4v) is 2.67. The molecule has 88 valence electrons. The highest BCUT2D eigenvalue weighted by Crippen LogP contribution is 2.34. The second-order valence-corrected chi connectivity index (χ2v) is 7.48. The Bertz CT molecular complexity index is 508. The molecule has 0 unspecified atom stereocenters. The van der Waals surface area contributed by atoms with E-state index < -0.39 is 0 Å². The highest BCUT2D eigenvalue weighted by atomic mass is 32.2. The van der Waals surface area contributed by atoms with Crippen LogP contribution in [0.5, 0.6) is 0 Å². The van der Waals surface area contributed by atoms with Crippen LogP contribution in [-0.2, 0) is 5.54 Å². The van der Waals surface area contributed by atoms with Crippen molar-refractivity contribution < 1.29 is 0 Å². The molecule has 2 aromatic heterocycles. The van der Waals surface area contributed by atoms with Crippen molar-refractivity contribution in [1.82, 2.24) is 14.5 Å². The quantitative estimate of drug-likeness (QED) is 0.773. The molecule has 0 saturated carbocycles. The average molecular weight is 237 g/mol. The van der Waals surface area contributed by atoms with Crippen molar-refractivity contribution in [2.75, 3.05) is 12.5 Å². The summed E-state index contributed by atoms with van der Waals surface area (Å²) in [5.74, 6) is 0.